The van der Waals surface area contributed by atoms with Crippen LogP contribution in [0.15, 0.2) is 197 Å². The third kappa shape index (κ3) is 5.98. The number of para-hydroxylation sites is 6. The van der Waals surface area contributed by atoms with E-state index < -0.39 is 0 Å². The maximum absolute atomic E-state index is 5.33. The van der Waals surface area contributed by atoms with Gasteiger partial charge in [0.2, 0.25) is 16.9 Å². The minimum atomic E-state index is 0.634. The minimum Gasteiger partial charge on any atom is -0.249 e. The molecule has 0 aliphatic heterocycles. The van der Waals surface area contributed by atoms with Crippen molar-refractivity contribution in [3.63, 3.8) is 0 Å². The Morgan fingerprint density at radius 1 is 0.244 bits per heavy atom. The van der Waals surface area contributed by atoms with Crippen LogP contribution in [0.1, 0.15) is 0 Å². The van der Waals surface area contributed by atoms with Crippen molar-refractivity contribution in [1.29, 1.82) is 0 Å². The van der Waals surface area contributed by atoms with Crippen molar-refractivity contribution >= 4 is 17.1 Å². The van der Waals surface area contributed by atoms with Gasteiger partial charge in [-0.25, -0.2) is 28.7 Å². The van der Waals surface area contributed by atoms with E-state index in [0.29, 0.717) is 16.9 Å². The summed E-state index contributed by atoms with van der Waals surface area (Å²) in [5, 5.41) is 0. The second kappa shape index (κ2) is 12.9. The van der Waals surface area contributed by atoms with E-state index in [1.165, 1.54) is 0 Å². The van der Waals surface area contributed by atoms with E-state index in [9.17, 15) is 0 Å². The highest BCUT2D eigenvalue weighted by atomic mass is 15.3. The Morgan fingerprint density at radius 2 is 0.444 bits per heavy atom. The van der Waals surface area contributed by atoms with E-state index in [1.54, 1.807) is 0 Å². The Hall–Kier alpha value is -6.27. The zero-order chi connectivity index (χ0) is 30.3. The first kappa shape index (κ1) is 27.6. The van der Waals surface area contributed by atoms with Gasteiger partial charge in [0.25, 0.3) is 0 Å². The number of hydrogen-bond acceptors (Lipinski definition) is 3. The highest BCUT2D eigenvalue weighted by molar-refractivity contribution is 5.43. The van der Waals surface area contributed by atoms with Gasteiger partial charge in [0.15, 0.2) is 0 Å². The maximum atomic E-state index is 5.33. The van der Waals surface area contributed by atoms with Gasteiger partial charge in [0.05, 0.1) is 34.1 Å². The Bertz CT molecular complexity index is 1930. The first-order chi connectivity index (χ1) is 22.3. The maximum Gasteiger partial charge on any atom is 0.225 e. The fraction of sp³-hybridized carbons (Fsp3) is 0. The van der Waals surface area contributed by atoms with Crippen molar-refractivity contribution < 1.29 is 0 Å². The molecule has 1 heterocycles. The second-order valence-corrected chi connectivity index (χ2v) is 10.3. The number of aromatic nitrogens is 3. The Kier molecular flexibility index (Phi) is 7.92. The predicted octanol–water partition coefficient (Wildman–Crippen LogP) is 7.76. The smallest absolute Gasteiger partial charge is 0.225 e. The molecule has 216 valence electrons. The Balaban J connectivity index is 1.82. The van der Waals surface area contributed by atoms with Gasteiger partial charge in [0, 0.05) is 0 Å². The van der Waals surface area contributed by atoms with E-state index in [2.05, 4.69) is 50.1 Å². The van der Waals surface area contributed by atoms with Crippen molar-refractivity contribution in [2.45, 2.75) is 0 Å². The van der Waals surface area contributed by atoms with E-state index in [-0.39, 0.29) is 0 Å². The highest BCUT2D eigenvalue weighted by Gasteiger charge is 2.17. The van der Waals surface area contributed by atoms with Gasteiger partial charge < -0.3 is 0 Å². The van der Waals surface area contributed by atoms with Gasteiger partial charge in [-0.1, -0.05) is 109 Å². The van der Waals surface area contributed by atoms with Crippen LogP contribution in [0.2, 0.25) is 0 Å². The summed E-state index contributed by atoms with van der Waals surface area (Å²) in [7, 11) is 0. The summed E-state index contributed by atoms with van der Waals surface area (Å²) in [6, 6.07) is 60.7. The molecule has 0 amide bonds. The Morgan fingerprint density at radius 3 is 0.667 bits per heavy atom. The quantitative estimate of drug-likeness (QED) is 0.193. The van der Waals surface area contributed by atoms with E-state index in [0.717, 1.165) is 34.1 Å². The van der Waals surface area contributed by atoms with Gasteiger partial charge in [-0.2, -0.15) is 0 Å². The summed E-state index contributed by atoms with van der Waals surface area (Å²) in [5.74, 6) is 0. The summed E-state index contributed by atoms with van der Waals surface area (Å²) < 4.78 is 6.30. The summed E-state index contributed by atoms with van der Waals surface area (Å²) >= 11 is 0. The molecule has 7 rings (SSSR count). The minimum absolute atomic E-state index is 0.634. The van der Waals surface area contributed by atoms with Crippen molar-refractivity contribution in [2.75, 3.05) is 0 Å². The molecule has 0 radical (unpaired) electrons. The summed E-state index contributed by atoms with van der Waals surface area (Å²) in [4.78, 5) is 16.0. The number of nitrogens with zero attached hydrogens (tertiary/aromatic N) is 6. The third-order valence-electron chi connectivity index (χ3n) is 7.20. The molecular formula is C39H30N6. The predicted molar refractivity (Wildman–Crippen MR) is 179 cm³/mol. The number of rotatable bonds is 6. The molecule has 0 spiro atoms. The molecule has 45 heavy (non-hydrogen) atoms. The molecule has 6 nitrogen and oxygen atoms in total. The standard InChI is InChI=1S/C39H30N6/c1-7-19-31(20-8-1)40-37-43(34-25-13-4-14-26-34)38(41-32-21-9-2-10-22-32)45(36-29-17-6-18-30-36)39(42-33-23-11-3-12-24-33)44(37)35-27-15-5-16-28-35/h1-30H. The summed E-state index contributed by atoms with van der Waals surface area (Å²) in [6.07, 6.45) is 0. The second-order valence-electron chi connectivity index (χ2n) is 10.3. The molecule has 7 aromatic rings. The fourth-order valence-corrected chi connectivity index (χ4v) is 5.15. The van der Waals surface area contributed by atoms with Crippen molar-refractivity contribution in [1.82, 2.24) is 13.7 Å². The fourth-order valence-electron chi connectivity index (χ4n) is 5.15. The molecule has 6 aromatic carbocycles. The molecule has 0 atom stereocenters. The topological polar surface area (TPSA) is 51.9 Å². The molecule has 0 aliphatic rings. The number of hydrogen-bond donors (Lipinski definition) is 0. The zero-order valence-electron chi connectivity index (χ0n) is 24.5. The van der Waals surface area contributed by atoms with Gasteiger partial charge in [-0.15, -0.1) is 0 Å². The van der Waals surface area contributed by atoms with Crippen LogP contribution < -0.4 is 16.9 Å². The molecule has 0 N–H and O–H groups in total. The average molecular weight is 583 g/mol. The lowest BCUT2D eigenvalue weighted by molar-refractivity contribution is 0.616. The molecule has 6 heteroatoms. The van der Waals surface area contributed by atoms with Crippen LogP contribution in [0, 0.1) is 0 Å². The van der Waals surface area contributed by atoms with E-state index in [1.807, 2.05) is 146 Å². The van der Waals surface area contributed by atoms with E-state index >= 15 is 0 Å². The van der Waals surface area contributed by atoms with Gasteiger partial charge in [-0.3, -0.25) is 0 Å². The van der Waals surface area contributed by atoms with Crippen LogP contribution >= 0.6 is 0 Å². The molecule has 0 aliphatic carbocycles. The molecule has 0 bridgehead atoms. The SMILES string of the molecule is c1ccc(N=c2n(-c3ccccc3)c(=Nc3ccccc3)n(-c3ccccc3)c(=Nc3ccccc3)n2-c2ccccc2)cc1. The molecule has 0 saturated heterocycles. The van der Waals surface area contributed by atoms with Crippen LogP contribution in [0.5, 0.6) is 0 Å². The monoisotopic (exact) mass is 582 g/mol. The molecular weight excluding hydrogens is 552 g/mol. The van der Waals surface area contributed by atoms with Crippen molar-refractivity contribution in [3.05, 3.63) is 199 Å². The Labute approximate surface area is 261 Å². The average Bonchev–Trinajstić information content (AvgIpc) is 3.11. The van der Waals surface area contributed by atoms with Crippen LogP contribution in [0.4, 0.5) is 17.1 Å². The first-order valence-corrected chi connectivity index (χ1v) is 14.8. The van der Waals surface area contributed by atoms with E-state index in [4.69, 9.17) is 15.0 Å². The van der Waals surface area contributed by atoms with Gasteiger partial charge >= 0.3 is 0 Å². The van der Waals surface area contributed by atoms with Crippen LogP contribution in [-0.4, -0.2) is 13.7 Å². The summed E-state index contributed by atoms with van der Waals surface area (Å²) in [5.41, 5.74) is 7.04. The largest absolute Gasteiger partial charge is 0.249 e. The van der Waals surface area contributed by atoms with Gasteiger partial charge in [0.1, 0.15) is 0 Å². The van der Waals surface area contributed by atoms with Gasteiger partial charge in [-0.05, 0) is 72.8 Å². The molecule has 1 aromatic heterocycles. The molecule has 0 unspecified atom stereocenters. The third-order valence-corrected chi connectivity index (χ3v) is 7.20. The summed E-state index contributed by atoms with van der Waals surface area (Å²) in [6.45, 7) is 0. The molecule has 0 fully saturated rings. The lowest BCUT2D eigenvalue weighted by Gasteiger charge is -2.21. The zero-order valence-corrected chi connectivity index (χ0v) is 24.5. The first-order valence-electron chi connectivity index (χ1n) is 14.8. The van der Waals surface area contributed by atoms with Crippen molar-refractivity contribution in [2.24, 2.45) is 15.0 Å². The lowest BCUT2D eigenvalue weighted by Crippen LogP contribution is -2.54. The number of benzene rings is 6. The highest BCUT2D eigenvalue weighted by Crippen LogP contribution is 2.15. The van der Waals surface area contributed by atoms with Crippen LogP contribution in [-0.2, 0) is 0 Å². The lowest BCUT2D eigenvalue weighted by atomic mass is 10.3. The normalized spacial score (nSPS) is 10.7. The van der Waals surface area contributed by atoms with Crippen LogP contribution in [0.25, 0.3) is 17.1 Å². The van der Waals surface area contributed by atoms with Crippen molar-refractivity contribution in [3.8, 4) is 17.1 Å². The van der Waals surface area contributed by atoms with Crippen LogP contribution in [0.3, 0.4) is 0 Å². The molecule has 0 saturated carbocycles.